The van der Waals surface area contributed by atoms with Crippen molar-refractivity contribution in [1.29, 1.82) is 0 Å². The third kappa shape index (κ3) is 2.01. The molecule has 0 radical (unpaired) electrons. The van der Waals surface area contributed by atoms with Crippen LogP contribution in [0.25, 0.3) is 0 Å². The van der Waals surface area contributed by atoms with E-state index in [9.17, 15) is 4.39 Å². The summed E-state index contributed by atoms with van der Waals surface area (Å²) in [6, 6.07) is 3.49. The van der Waals surface area contributed by atoms with Crippen LogP contribution in [0.1, 0.15) is 12.8 Å². The van der Waals surface area contributed by atoms with Gasteiger partial charge >= 0.3 is 0 Å². The summed E-state index contributed by atoms with van der Waals surface area (Å²) in [6.07, 6.45) is 3.90. The maximum atomic E-state index is 12.5. The smallest absolute Gasteiger partial charge is 0.212 e. The molecule has 0 bridgehead atoms. The molecule has 76 valence electrons. The molecule has 1 saturated carbocycles. The lowest BCUT2D eigenvalue weighted by molar-refractivity contribution is 0.0328. The Kier molecular flexibility index (Phi) is 2.63. The van der Waals surface area contributed by atoms with Gasteiger partial charge in [-0.2, -0.15) is 4.39 Å². The maximum absolute atomic E-state index is 12.5. The molecular weight excluding hydrogens is 183 g/mol. The van der Waals surface area contributed by atoms with Crippen molar-refractivity contribution in [3.05, 3.63) is 24.3 Å². The molecule has 0 spiro atoms. The van der Waals surface area contributed by atoms with Crippen molar-refractivity contribution in [2.75, 3.05) is 12.4 Å². The maximum Gasteiger partial charge on any atom is 0.212 e. The first kappa shape index (κ1) is 9.40. The van der Waals surface area contributed by atoms with Crippen LogP contribution < -0.4 is 5.32 Å². The minimum atomic E-state index is -0.445. The monoisotopic (exact) mass is 196 g/mol. The molecule has 1 aliphatic rings. The lowest BCUT2D eigenvalue weighted by atomic mass is 9.89. The molecule has 1 fully saturated rings. The molecule has 0 atom stereocenters. The van der Waals surface area contributed by atoms with Crippen molar-refractivity contribution < 1.29 is 9.13 Å². The molecule has 1 heterocycles. The predicted molar refractivity (Wildman–Crippen MR) is 51.6 cm³/mol. The van der Waals surface area contributed by atoms with Crippen molar-refractivity contribution in [3.63, 3.8) is 0 Å². The molecule has 1 aromatic heterocycles. The van der Waals surface area contributed by atoms with Crippen molar-refractivity contribution in [1.82, 2.24) is 4.98 Å². The highest BCUT2D eigenvalue weighted by Crippen LogP contribution is 2.25. The number of anilines is 1. The summed E-state index contributed by atoms with van der Waals surface area (Å²) in [6.45, 7) is 0. The molecule has 3 nitrogen and oxygen atoms in total. The molecule has 4 heteroatoms. The molecular formula is C10H13FN2O. The first-order valence-corrected chi connectivity index (χ1v) is 4.69. The van der Waals surface area contributed by atoms with Gasteiger partial charge in [-0.1, -0.05) is 0 Å². The molecule has 0 aliphatic heterocycles. The van der Waals surface area contributed by atoms with Gasteiger partial charge in [0.2, 0.25) is 5.95 Å². The van der Waals surface area contributed by atoms with E-state index in [4.69, 9.17) is 4.74 Å². The minimum absolute atomic E-state index is 0.376. The summed E-state index contributed by atoms with van der Waals surface area (Å²) in [5.74, 6) is -0.445. The summed E-state index contributed by atoms with van der Waals surface area (Å²) in [5.41, 5.74) is 0.867. The first-order chi connectivity index (χ1) is 6.78. The van der Waals surface area contributed by atoms with Crippen LogP contribution in [-0.2, 0) is 4.74 Å². The van der Waals surface area contributed by atoms with Gasteiger partial charge in [0, 0.05) is 13.2 Å². The zero-order valence-electron chi connectivity index (χ0n) is 8.03. The third-order valence-electron chi connectivity index (χ3n) is 2.53. The van der Waals surface area contributed by atoms with Crippen molar-refractivity contribution in [2.24, 2.45) is 0 Å². The molecule has 0 unspecified atom stereocenters. The molecule has 2 rings (SSSR count). The van der Waals surface area contributed by atoms with Crippen LogP contribution in [0.15, 0.2) is 18.3 Å². The highest BCUT2D eigenvalue weighted by molar-refractivity contribution is 5.41. The highest BCUT2D eigenvalue weighted by atomic mass is 19.1. The summed E-state index contributed by atoms with van der Waals surface area (Å²) < 4.78 is 17.6. The number of hydrogen-bond acceptors (Lipinski definition) is 3. The number of ether oxygens (including phenoxy) is 1. The summed E-state index contributed by atoms with van der Waals surface area (Å²) in [4.78, 5) is 3.57. The average molecular weight is 196 g/mol. The van der Waals surface area contributed by atoms with Gasteiger partial charge in [0.25, 0.3) is 0 Å². The third-order valence-corrected chi connectivity index (χ3v) is 2.53. The largest absolute Gasteiger partial charge is 0.381 e. The molecule has 1 aromatic rings. The van der Waals surface area contributed by atoms with Crippen LogP contribution in [0.5, 0.6) is 0 Å². The fourth-order valence-corrected chi connectivity index (χ4v) is 1.57. The van der Waals surface area contributed by atoms with E-state index in [0.29, 0.717) is 12.1 Å². The molecule has 1 N–H and O–H groups in total. The molecule has 0 saturated heterocycles. The number of nitrogens with one attached hydrogen (secondary N) is 1. The topological polar surface area (TPSA) is 34.1 Å². The van der Waals surface area contributed by atoms with E-state index in [-0.39, 0.29) is 0 Å². The van der Waals surface area contributed by atoms with E-state index >= 15 is 0 Å². The molecule has 0 aromatic carbocycles. The second kappa shape index (κ2) is 3.92. The number of methoxy groups -OCH3 is 1. The Labute approximate surface area is 82.3 Å². The van der Waals surface area contributed by atoms with E-state index in [1.807, 2.05) is 0 Å². The van der Waals surface area contributed by atoms with Crippen LogP contribution >= 0.6 is 0 Å². The number of halogens is 1. The van der Waals surface area contributed by atoms with Crippen LogP contribution in [-0.4, -0.2) is 24.2 Å². The minimum Gasteiger partial charge on any atom is -0.381 e. The Balaban J connectivity index is 1.84. The van der Waals surface area contributed by atoms with Crippen LogP contribution in [0.3, 0.4) is 0 Å². The van der Waals surface area contributed by atoms with Crippen LogP contribution in [0.4, 0.5) is 10.1 Å². The molecule has 1 aliphatic carbocycles. The van der Waals surface area contributed by atoms with Crippen molar-refractivity contribution in [3.8, 4) is 0 Å². The Morgan fingerprint density at radius 3 is 2.86 bits per heavy atom. The SMILES string of the molecule is COC1CC(Nc2ccc(F)nc2)C1. The standard InChI is InChI=1S/C10H13FN2O/c1-14-9-4-8(5-9)13-7-2-3-10(11)12-6-7/h2-3,6,8-9,13H,4-5H2,1H3. The Bertz CT molecular complexity index is 295. The quantitative estimate of drug-likeness (QED) is 0.748. The van der Waals surface area contributed by atoms with E-state index in [1.54, 1.807) is 13.2 Å². The normalized spacial score (nSPS) is 25.6. The molecule has 0 amide bonds. The lowest BCUT2D eigenvalue weighted by Gasteiger charge is -2.35. The van der Waals surface area contributed by atoms with Crippen molar-refractivity contribution >= 4 is 5.69 Å². The lowest BCUT2D eigenvalue weighted by Crippen LogP contribution is -2.40. The second-order valence-corrected chi connectivity index (χ2v) is 3.54. The number of rotatable bonds is 3. The van der Waals surface area contributed by atoms with Gasteiger partial charge in [-0.15, -0.1) is 0 Å². The van der Waals surface area contributed by atoms with Gasteiger partial charge in [0.05, 0.1) is 18.0 Å². The Hall–Kier alpha value is -1.16. The summed E-state index contributed by atoms with van der Waals surface area (Å²) >= 11 is 0. The van der Waals surface area contributed by atoms with Gasteiger partial charge in [0.1, 0.15) is 0 Å². The predicted octanol–water partition coefficient (Wildman–Crippen LogP) is 1.81. The number of aromatic nitrogens is 1. The number of pyridine rings is 1. The zero-order chi connectivity index (χ0) is 9.97. The van der Waals surface area contributed by atoms with E-state index < -0.39 is 5.95 Å². The summed E-state index contributed by atoms with van der Waals surface area (Å²) in [7, 11) is 1.72. The van der Waals surface area contributed by atoms with Crippen LogP contribution in [0, 0.1) is 5.95 Å². The fourth-order valence-electron chi connectivity index (χ4n) is 1.57. The summed E-state index contributed by atoms with van der Waals surface area (Å²) in [5, 5.41) is 3.26. The Morgan fingerprint density at radius 1 is 1.50 bits per heavy atom. The average Bonchev–Trinajstić information content (AvgIpc) is 2.13. The highest BCUT2D eigenvalue weighted by Gasteiger charge is 2.28. The number of hydrogen-bond donors (Lipinski definition) is 1. The van der Waals surface area contributed by atoms with Gasteiger partial charge in [0.15, 0.2) is 0 Å². The van der Waals surface area contributed by atoms with Crippen LogP contribution in [0.2, 0.25) is 0 Å². The molecule has 14 heavy (non-hydrogen) atoms. The fraction of sp³-hybridized carbons (Fsp3) is 0.500. The zero-order valence-corrected chi connectivity index (χ0v) is 8.03. The van der Waals surface area contributed by atoms with Crippen molar-refractivity contribution in [2.45, 2.75) is 25.0 Å². The van der Waals surface area contributed by atoms with E-state index in [0.717, 1.165) is 18.5 Å². The van der Waals surface area contributed by atoms with E-state index in [2.05, 4.69) is 10.3 Å². The second-order valence-electron chi connectivity index (χ2n) is 3.54. The Morgan fingerprint density at radius 2 is 2.29 bits per heavy atom. The number of nitrogens with zero attached hydrogens (tertiary/aromatic N) is 1. The van der Waals surface area contributed by atoms with Gasteiger partial charge < -0.3 is 10.1 Å². The van der Waals surface area contributed by atoms with Gasteiger partial charge in [-0.25, -0.2) is 4.98 Å². The van der Waals surface area contributed by atoms with Gasteiger partial charge in [-0.3, -0.25) is 0 Å². The first-order valence-electron chi connectivity index (χ1n) is 4.69. The van der Waals surface area contributed by atoms with Gasteiger partial charge in [-0.05, 0) is 25.0 Å². The van der Waals surface area contributed by atoms with E-state index in [1.165, 1.54) is 12.3 Å².